The molecule has 1 unspecified atom stereocenters. The van der Waals surface area contributed by atoms with Crippen molar-refractivity contribution in [1.29, 1.82) is 0 Å². The van der Waals surface area contributed by atoms with Gasteiger partial charge in [-0.3, -0.25) is 4.79 Å². The highest BCUT2D eigenvalue weighted by molar-refractivity contribution is 6.17. The molecule has 112 valence electrons. The first-order chi connectivity index (χ1) is 10.1. The number of aryl methyl sites for hydroxylation is 1. The monoisotopic (exact) mass is 313 g/mol. The van der Waals surface area contributed by atoms with Gasteiger partial charge in [0.1, 0.15) is 17.2 Å². The molecule has 4 nitrogen and oxygen atoms in total. The number of carbonyl (C=O) groups is 1. The topological polar surface area (TPSA) is 46.9 Å². The van der Waals surface area contributed by atoms with E-state index in [1.54, 1.807) is 0 Å². The minimum absolute atomic E-state index is 0.00748. The van der Waals surface area contributed by atoms with Gasteiger partial charge in [0.25, 0.3) is 0 Å². The molecule has 0 aliphatic carbocycles. The molecule has 0 spiro atoms. The summed E-state index contributed by atoms with van der Waals surface area (Å²) in [4.78, 5) is 15.5. The van der Waals surface area contributed by atoms with Crippen LogP contribution in [0, 0.1) is 11.6 Å². The number of imidazole rings is 1. The lowest BCUT2D eigenvalue weighted by Gasteiger charge is -2.26. The molecular formula is C14H14ClF2N3O. The first-order valence-corrected chi connectivity index (χ1v) is 7.32. The zero-order valence-corrected chi connectivity index (χ0v) is 12.0. The second-order valence-electron chi connectivity index (χ2n) is 5.09. The number of halogens is 3. The minimum atomic E-state index is -0.681. The van der Waals surface area contributed by atoms with E-state index in [4.69, 9.17) is 11.6 Å². The fourth-order valence-electron chi connectivity index (χ4n) is 2.78. The maximum Gasteiger partial charge on any atom is 0.220 e. The SMILES string of the molecule is O=C1CCC(n2c(CCCl)nc3c(F)cc(F)cc32)CN1. The fourth-order valence-corrected chi connectivity index (χ4v) is 2.95. The molecule has 0 saturated carbocycles. The van der Waals surface area contributed by atoms with E-state index in [2.05, 4.69) is 10.3 Å². The van der Waals surface area contributed by atoms with Crippen LogP contribution in [0.3, 0.4) is 0 Å². The Bertz CT molecular complexity index is 691. The Balaban J connectivity index is 2.13. The van der Waals surface area contributed by atoms with Gasteiger partial charge in [0, 0.05) is 31.3 Å². The van der Waals surface area contributed by atoms with Crippen LogP contribution in [-0.4, -0.2) is 27.9 Å². The summed E-state index contributed by atoms with van der Waals surface area (Å²) >= 11 is 5.78. The van der Waals surface area contributed by atoms with Gasteiger partial charge in [-0.25, -0.2) is 13.8 Å². The highest BCUT2D eigenvalue weighted by atomic mass is 35.5. The van der Waals surface area contributed by atoms with Gasteiger partial charge in [-0.15, -0.1) is 11.6 Å². The third kappa shape index (κ3) is 2.60. The second kappa shape index (κ2) is 5.60. The number of nitrogens with zero attached hydrogens (tertiary/aromatic N) is 2. The van der Waals surface area contributed by atoms with E-state index in [1.165, 1.54) is 6.07 Å². The quantitative estimate of drug-likeness (QED) is 0.885. The minimum Gasteiger partial charge on any atom is -0.354 e. The molecule has 1 aliphatic rings. The molecular weight excluding hydrogens is 300 g/mol. The van der Waals surface area contributed by atoms with Crippen LogP contribution in [0.15, 0.2) is 12.1 Å². The van der Waals surface area contributed by atoms with Crippen molar-refractivity contribution < 1.29 is 13.6 Å². The highest BCUT2D eigenvalue weighted by Gasteiger charge is 2.25. The van der Waals surface area contributed by atoms with Crippen LogP contribution in [0.4, 0.5) is 8.78 Å². The first kappa shape index (κ1) is 14.3. The third-order valence-electron chi connectivity index (χ3n) is 3.71. The maximum absolute atomic E-state index is 13.9. The fraction of sp³-hybridized carbons (Fsp3) is 0.429. The average molecular weight is 314 g/mol. The number of carbonyl (C=O) groups excluding carboxylic acids is 1. The Hall–Kier alpha value is -1.69. The summed E-state index contributed by atoms with van der Waals surface area (Å²) in [6.07, 6.45) is 1.47. The summed E-state index contributed by atoms with van der Waals surface area (Å²) in [7, 11) is 0. The number of alkyl halides is 1. The lowest BCUT2D eigenvalue weighted by atomic mass is 10.1. The molecule has 2 heterocycles. The molecule has 1 fully saturated rings. The summed E-state index contributed by atoms with van der Waals surface area (Å²) in [5.74, 6) is -0.373. The normalized spacial score (nSPS) is 19.0. The molecule has 1 atom stereocenters. The number of rotatable bonds is 3. The molecule has 3 rings (SSSR count). The van der Waals surface area contributed by atoms with Crippen LogP contribution in [0.1, 0.15) is 24.7 Å². The van der Waals surface area contributed by atoms with Crippen LogP contribution in [-0.2, 0) is 11.2 Å². The Kier molecular flexibility index (Phi) is 3.80. The highest BCUT2D eigenvalue weighted by Crippen LogP contribution is 2.28. The standard InChI is InChI=1S/C14H14ClF2N3O/c15-4-3-12-19-14-10(17)5-8(16)6-11(14)20(12)9-1-2-13(21)18-7-9/h5-6,9H,1-4,7H2,(H,18,21). The van der Waals surface area contributed by atoms with E-state index < -0.39 is 11.6 Å². The molecule has 0 radical (unpaired) electrons. The Morgan fingerprint density at radius 1 is 1.43 bits per heavy atom. The van der Waals surface area contributed by atoms with Gasteiger partial charge < -0.3 is 9.88 Å². The molecule has 1 amide bonds. The molecule has 7 heteroatoms. The van der Waals surface area contributed by atoms with Gasteiger partial charge in [0.05, 0.1) is 11.6 Å². The maximum atomic E-state index is 13.9. The van der Waals surface area contributed by atoms with E-state index in [9.17, 15) is 13.6 Å². The zero-order valence-electron chi connectivity index (χ0n) is 11.2. The Morgan fingerprint density at radius 3 is 2.90 bits per heavy atom. The molecule has 1 saturated heterocycles. The van der Waals surface area contributed by atoms with Crippen molar-refractivity contribution in [2.45, 2.75) is 25.3 Å². The third-order valence-corrected chi connectivity index (χ3v) is 3.90. The number of hydrogen-bond acceptors (Lipinski definition) is 2. The van der Waals surface area contributed by atoms with Crippen LogP contribution >= 0.6 is 11.6 Å². The van der Waals surface area contributed by atoms with E-state index in [0.29, 0.717) is 43.0 Å². The van der Waals surface area contributed by atoms with Crippen molar-refractivity contribution in [3.8, 4) is 0 Å². The summed E-state index contributed by atoms with van der Waals surface area (Å²) in [5, 5.41) is 2.78. The molecule has 1 aromatic carbocycles. The number of piperidine rings is 1. The molecule has 2 aromatic rings. The number of amides is 1. The number of hydrogen-bond donors (Lipinski definition) is 1. The van der Waals surface area contributed by atoms with Crippen molar-refractivity contribution in [2.75, 3.05) is 12.4 Å². The molecule has 21 heavy (non-hydrogen) atoms. The van der Waals surface area contributed by atoms with Crippen molar-refractivity contribution in [3.05, 3.63) is 29.6 Å². The van der Waals surface area contributed by atoms with Crippen molar-refractivity contribution in [1.82, 2.24) is 14.9 Å². The Labute approximate surface area is 125 Å². The molecule has 0 bridgehead atoms. The van der Waals surface area contributed by atoms with Gasteiger partial charge in [0.15, 0.2) is 5.82 Å². The molecule has 1 aromatic heterocycles. The molecule has 1 aliphatic heterocycles. The van der Waals surface area contributed by atoms with Crippen LogP contribution in [0.5, 0.6) is 0 Å². The summed E-state index contributed by atoms with van der Waals surface area (Å²) in [6, 6.07) is 2.04. The van der Waals surface area contributed by atoms with Crippen LogP contribution in [0.25, 0.3) is 11.0 Å². The second-order valence-corrected chi connectivity index (χ2v) is 5.47. The number of benzene rings is 1. The van der Waals surface area contributed by atoms with Gasteiger partial charge in [0.2, 0.25) is 5.91 Å². The number of aromatic nitrogens is 2. The first-order valence-electron chi connectivity index (χ1n) is 6.78. The predicted octanol–water partition coefficient (Wildman–Crippen LogP) is 2.55. The van der Waals surface area contributed by atoms with E-state index in [1.807, 2.05) is 4.57 Å². The summed E-state index contributed by atoms with van der Waals surface area (Å²) < 4.78 is 29.2. The number of nitrogens with one attached hydrogen (secondary N) is 1. The predicted molar refractivity (Wildman–Crippen MR) is 75.4 cm³/mol. The van der Waals surface area contributed by atoms with E-state index >= 15 is 0 Å². The van der Waals surface area contributed by atoms with E-state index in [-0.39, 0.29) is 17.5 Å². The smallest absolute Gasteiger partial charge is 0.220 e. The largest absolute Gasteiger partial charge is 0.354 e. The van der Waals surface area contributed by atoms with Gasteiger partial charge in [-0.1, -0.05) is 0 Å². The van der Waals surface area contributed by atoms with Crippen molar-refractivity contribution >= 4 is 28.5 Å². The van der Waals surface area contributed by atoms with Crippen molar-refractivity contribution in [2.24, 2.45) is 0 Å². The summed E-state index contributed by atoms with van der Waals surface area (Å²) in [6.45, 7) is 0.428. The van der Waals surface area contributed by atoms with Crippen LogP contribution < -0.4 is 5.32 Å². The van der Waals surface area contributed by atoms with Crippen LogP contribution in [0.2, 0.25) is 0 Å². The zero-order chi connectivity index (χ0) is 15.0. The van der Waals surface area contributed by atoms with Gasteiger partial charge in [-0.05, 0) is 12.5 Å². The van der Waals surface area contributed by atoms with Gasteiger partial charge in [-0.2, -0.15) is 0 Å². The Morgan fingerprint density at radius 2 is 2.24 bits per heavy atom. The summed E-state index contributed by atoms with van der Waals surface area (Å²) in [5.41, 5.74) is 0.558. The van der Waals surface area contributed by atoms with E-state index in [0.717, 1.165) is 6.07 Å². The lowest BCUT2D eigenvalue weighted by Crippen LogP contribution is -2.36. The average Bonchev–Trinajstić information content (AvgIpc) is 2.79. The van der Waals surface area contributed by atoms with Crippen molar-refractivity contribution in [3.63, 3.8) is 0 Å². The van der Waals surface area contributed by atoms with Gasteiger partial charge >= 0.3 is 0 Å². The molecule has 1 N–H and O–H groups in total. The number of fused-ring (bicyclic) bond motifs is 1. The lowest BCUT2D eigenvalue weighted by molar-refractivity contribution is -0.122.